The summed E-state index contributed by atoms with van der Waals surface area (Å²) < 4.78 is 6.50. The van der Waals surface area contributed by atoms with Crippen molar-refractivity contribution < 1.29 is 9.53 Å². The number of carbonyl (C=O) groups is 1. The number of nitrogens with one attached hydrogen (secondary N) is 1. The minimum absolute atomic E-state index is 0.121. The second kappa shape index (κ2) is 7.49. The maximum atomic E-state index is 11.3. The fraction of sp³-hybridized carbons (Fsp3) is 0.429. The summed E-state index contributed by atoms with van der Waals surface area (Å²) in [5.74, 6) is -0.181. The van der Waals surface area contributed by atoms with Gasteiger partial charge in [0.2, 0.25) is 0 Å². The number of carbonyl (C=O) groups excluding carboxylic acids is 1. The third-order valence-electron chi connectivity index (χ3n) is 3.07. The number of benzene rings is 1. The molecule has 0 radical (unpaired) electrons. The molecule has 112 valence electrons. The lowest BCUT2D eigenvalue weighted by Crippen LogP contribution is -2.22. The van der Waals surface area contributed by atoms with Gasteiger partial charge < -0.3 is 10.1 Å². The molecule has 0 aliphatic rings. The van der Waals surface area contributed by atoms with Crippen LogP contribution in [0.25, 0.3) is 5.69 Å². The lowest BCUT2D eigenvalue weighted by molar-refractivity contribution is -0.143. The van der Waals surface area contributed by atoms with Crippen LogP contribution in [0.3, 0.4) is 0 Å². The molecule has 0 aliphatic heterocycles. The predicted octanol–water partition coefficient (Wildman–Crippen LogP) is 1.27. The molecule has 0 spiro atoms. The molecule has 1 aromatic heterocycles. The highest BCUT2D eigenvalue weighted by Gasteiger charge is 2.08. The standard InChI is InChI=1S/C14H19N5O2/c1-3-21-14(20)7-8-15-11(2)12-5-4-6-13(9-12)19-10-16-17-18-19/h4-6,9-11,15H,3,7-8H2,1-2H3. The molecule has 0 saturated heterocycles. The maximum absolute atomic E-state index is 11.3. The van der Waals surface area contributed by atoms with Gasteiger partial charge in [-0.2, -0.15) is 0 Å². The molecule has 2 aromatic rings. The van der Waals surface area contributed by atoms with Gasteiger partial charge in [0.25, 0.3) is 0 Å². The molecule has 0 bridgehead atoms. The molecule has 0 fully saturated rings. The molecule has 1 aromatic carbocycles. The lowest BCUT2D eigenvalue weighted by atomic mass is 10.1. The van der Waals surface area contributed by atoms with Gasteiger partial charge in [-0.15, -0.1) is 5.10 Å². The highest BCUT2D eigenvalue weighted by molar-refractivity contribution is 5.69. The van der Waals surface area contributed by atoms with Gasteiger partial charge in [-0.3, -0.25) is 4.79 Å². The fourth-order valence-corrected chi connectivity index (χ4v) is 1.96. The van der Waals surface area contributed by atoms with Gasteiger partial charge in [0.15, 0.2) is 0 Å². The van der Waals surface area contributed by atoms with Gasteiger partial charge in [-0.1, -0.05) is 12.1 Å². The Hall–Kier alpha value is -2.28. The van der Waals surface area contributed by atoms with Crippen molar-refractivity contribution in [2.75, 3.05) is 13.2 Å². The summed E-state index contributed by atoms with van der Waals surface area (Å²) >= 11 is 0. The van der Waals surface area contributed by atoms with Gasteiger partial charge in [0, 0.05) is 12.6 Å². The first-order valence-corrected chi connectivity index (χ1v) is 6.93. The molecule has 0 saturated carbocycles. The first kappa shape index (κ1) is 15.1. The lowest BCUT2D eigenvalue weighted by Gasteiger charge is -2.14. The van der Waals surface area contributed by atoms with Crippen molar-refractivity contribution in [3.05, 3.63) is 36.2 Å². The van der Waals surface area contributed by atoms with Gasteiger partial charge in [-0.05, 0) is 42.0 Å². The number of esters is 1. The summed E-state index contributed by atoms with van der Waals surface area (Å²) in [6.07, 6.45) is 1.92. The van der Waals surface area contributed by atoms with Gasteiger partial charge in [0.1, 0.15) is 6.33 Å². The molecule has 0 aliphatic carbocycles. The van der Waals surface area contributed by atoms with Gasteiger partial charge in [0.05, 0.1) is 18.7 Å². The number of ether oxygens (including phenoxy) is 1. The van der Waals surface area contributed by atoms with Crippen molar-refractivity contribution in [1.82, 2.24) is 25.5 Å². The Labute approximate surface area is 123 Å². The van der Waals surface area contributed by atoms with E-state index in [1.165, 1.54) is 0 Å². The van der Waals surface area contributed by atoms with E-state index in [-0.39, 0.29) is 12.0 Å². The van der Waals surface area contributed by atoms with Gasteiger partial charge in [-0.25, -0.2) is 4.68 Å². The SMILES string of the molecule is CCOC(=O)CCNC(C)c1cccc(-n2cnnn2)c1. The van der Waals surface area contributed by atoms with Crippen LogP contribution < -0.4 is 5.32 Å². The van der Waals surface area contributed by atoms with Crippen LogP contribution in [0.2, 0.25) is 0 Å². The summed E-state index contributed by atoms with van der Waals surface area (Å²) in [7, 11) is 0. The minimum Gasteiger partial charge on any atom is -0.466 e. The van der Waals surface area contributed by atoms with E-state index in [9.17, 15) is 4.79 Å². The smallest absolute Gasteiger partial charge is 0.307 e. The zero-order chi connectivity index (χ0) is 15.1. The van der Waals surface area contributed by atoms with E-state index in [1.54, 1.807) is 17.9 Å². The Bertz CT molecular complexity index is 571. The van der Waals surface area contributed by atoms with Crippen LogP contribution in [-0.4, -0.2) is 39.3 Å². The Morgan fingerprint density at radius 1 is 1.48 bits per heavy atom. The van der Waals surface area contributed by atoms with Crippen LogP contribution >= 0.6 is 0 Å². The number of aromatic nitrogens is 4. The average molecular weight is 289 g/mol. The normalized spacial score (nSPS) is 12.1. The first-order valence-electron chi connectivity index (χ1n) is 6.93. The van der Waals surface area contributed by atoms with Crippen molar-refractivity contribution in [1.29, 1.82) is 0 Å². The second-order valence-corrected chi connectivity index (χ2v) is 4.58. The largest absolute Gasteiger partial charge is 0.466 e. The zero-order valence-electron chi connectivity index (χ0n) is 12.2. The molecule has 2 rings (SSSR count). The zero-order valence-corrected chi connectivity index (χ0v) is 12.2. The molecule has 1 heterocycles. The van der Waals surface area contributed by atoms with E-state index in [0.717, 1.165) is 11.3 Å². The van der Waals surface area contributed by atoms with Gasteiger partial charge >= 0.3 is 5.97 Å². The molecule has 1 atom stereocenters. The number of tetrazole rings is 1. The van der Waals surface area contributed by atoms with Crippen LogP contribution in [0.4, 0.5) is 0 Å². The van der Waals surface area contributed by atoms with Crippen LogP contribution in [0.1, 0.15) is 31.9 Å². The van der Waals surface area contributed by atoms with Crippen molar-refractivity contribution in [2.24, 2.45) is 0 Å². The third-order valence-corrected chi connectivity index (χ3v) is 3.07. The summed E-state index contributed by atoms with van der Waals surface area (Å²) in [5, 5.41) is 14.4. The van der Waals surface area contributed by atoms with E-state index in [0.29, 0.717) is 19.6 Å². The summed E-state index contributed by atoms with van der Waals surface area (Å²) in [4.78, 5) is 11.3. The van der Waals surface area contributed by atoms with Crippen molar-refractivity contribution in [3.8, 4) is 5.69 Å². The van der Waals surface area contributed by atoms with E-state index in [1.807, 2.05) is 31.2 Å². The molecule has 21 heavy (non-hydrogen) atoms. The molecule has 0 amide bonds. The third kappa shape index (κ3) is 4.35. The maximum Gasteiger partial charge on any atom is 0.307 e. The van der Waals surface area contributed by atoms with Crippen molar-refractivity contribution in [3.63, 3.8) is 0 Å². The Morgan fingerprint density at radius 3 is 3.05 bits per heavy atom. The Kier molecular flexibility index (Phi) is 5.39. The Balaban J connectivity index is 1.92. The summed E-state index contributed by atoms with van der Waals surface area (Å²) in [5.41, 5.74) is 2.00. The summed E-state index contributed by atoms with van der Waals surface area (Å²) in [6, 6.07) is 8.05. The van der Waals surface area contributed by atoms with Crippen molar-refractivity contribution >= 4 is 5.97 Å². The van der Waals surface area contributed by atoms with Crippen LogP contribution in [0.5, 0.6) is 0 Å². The molecule has 1 unspecified atom stereocenters. The molecule has 1 N–H and O–H groups in total. The highest BCUT2D eigenvalue weighted by Crippen LogP contribution is 2.16. The van der Waals surface area contributed by atoms with E-state index < -0.39 is 0 Å². The first-order chi connectivity index (χ1) is 10.2. The van der Waals surface area contributed by atoms with Crippen LogP contribution in [0, 0.1) is 0 Å². The van der Waals surface area contributed by atoms with Crippen LogP contribution in [0.15, 0.2) is 30.6 Å². The molecule has 7 nitrogen and oxygen atoms in total. The monoisotopic (exact) mass is 289 g/mol. The van der Waals surface area contributed by atoms with Crippen molar-refractivity contribution in [2.45, 2.75) is 26.3 Å². The molecular weight excluding hydrogens is 270 g/mol. The van der Waals surface area contributed by atoms with E-state index in [4.69, 9.17) is 4.74 Å². The highest BCUT2D eigenvalue weighted by atomic mass is 16.5. The Morgan fingerprint density at radius 2 is 2.33 bits per heavy atom. The van der Waals surface area contributed by atoms with Crippen LogP contribution in [-0.2, 0) is 9.53 Å². The number of rotatable bonds is 7. The number of nitrogens with zero attached hydrogens (tertiary/aromatic N) is 4. The minimum atomic E-state index is -0.181. The quantitative estimate of drug-likeness (QED) is 0.773. The predicted molar refractivity (Wildman–Crippen MR) is 76.8 cm³/mol. The number of hydrogen-bond acceptors (Lipinski definition) is 6. The average Bonchev–Trinajstić information content (AvgIpc) is 3.02. The molecular formula is C14H19N5O2. The number of hydrogen-bond donors (Lipinski definition) is 1. The fourth-order valence-electron chi connectivity index (χ4n) is 1.96. The second-order valence-electron chi connectivity index (χ2n) is 4.58. The van der Waals surface area contributed by atoms with E-state index >= 15 is 0 Å². The topological polar surface area (TPSA) is 81.9 Å². The van der Waals surface area contributed by atoms with E-state index in [2.05, 4.69) is 20.8 Å². The molecule has 7 heteroatoms. The summed E-state index contributed by atoms with van der Waals surface area (Å²) in [6.45, 7) is 4.85.